The van der Waals surface area contributed by atoms with Gasteiger partial charge in [-0.15, -0.1) is 11.8 Å². The van der Waals surface area contributed by atoms with Crippen molar-refractivity contribution in [2.75, 3.05) is 18.2 Å². The summed E-state index contributed by atoms with van der Waals surface area (Å²) in [4.78, 5) is 25.7. The molecular formula is C20H22N2O3S. The number of methoxy groups -OCH3 is 1. The molecule has 136 valence electrons. The second-order valence-electron chi connectivity index (χ2n) is 6.15. The van der Waals surface area contributed by atoms with E-state index in [2.05, 4.69) is 5.32 Å². The molecule has 0 aromatic heterocycles. The van der Waals surface area contributed by atoms with Gasteiger partial charge < -0.3 is 15.0 Å². The van der Waals surface area contributed by atoms with Gasteiger partial charge in [-0.05, 0) is 35.4 Å². The zero-order chi connectivity index (χ0) is 18.5. The third kappa shape index (κ3) is 4.38. The molecule has 3 rings (SSSR count). The Bertz CT molecular complexity index is 792. The molecule has 0 bridgehead atoms. The van der Waals surface area contributed by atoms with Gasteiger partial charge in [0.25, 0.3) is 0 Å². The van der Waals surface area contributed by atoms with E-state index in [1.807, 2.05) is 53.4 Å². The number of rotatable bonds is 5. The third-order valence-corrected chi connectivity index (χ3v) is 5.48. The molecular weight excluding hydrogens is 348 g/mol. The van der Waals surface area contributed by atoms with Crippen molar-refractivity contribution in [3.05, 3.63) is 59.7 Å². The molecule has 2 amide bonds. The van der Waals surface area contributed by atoms with E-state index in [-0.39, 0.29) is 17.2 Å². The summed E-state index contributed by atoms with van der Waals surface area (Å²) in [7, 11) is 1.64. The average molecular weight is 370 g/mol. The molecule has 6 heteroatoms. The highest BCUT2D eigenvalue weighted by Crippen LogP contribution is 2.38. The van der Waals surface area contributed by atoms with Crippen LogP contribution in [0, 0.1) is 0 Å². The van der Waals surface area contributed by atoms with E-state index >= 15 is 0 Å². The summed E-state index contributed by atoms with van der Waals surface area (Å²) in [5, 5.41) is 2.73. The van der Waals surface area contributed by atoms with Crippen molar-refractivity contribution in [2.24, 2.45) is 0 Å². The number of amides is 2. The smallest absolute Gasteiger partial charge is 0.224 e. The fourth-order valence-corrected chi connectivity index (χ4v) is 4.21. The lowest BCUT2D eigenvalue weighted by atomic mass is 10.1. The van der Waals surface area contributed by atoms with Crippen molar-refractivity contribution in [1.29, 1.82) is 0 Å². The highest BCUT2D eigenvalue weighted by molar-refractivity contribution is 7.99. The van der Waals surface area contributed by atoms with Crippen LogP contribution in [0.1, 0.15) is 29.8 Å². The second kappa shape index (κ2) is 8.27. The van der Waals surface area contributed by atoms with E-state index in [1.165, 1.54) is 6.92 Å². The zero-order valence-electron chi connectivity index (χ0n) is 14.9. The average Bonchev–Trinajstić information content (AvgIpc) is 2.64. The molecule has 0 spiro atoms. The molecule has 5 nitrogen and oxygen atoms in total. The van der Waals surface area contributed by atoms with Crippen molar-refractivity contribution >= 4 is 29.3 Å². The molecule has 0 saturated carbocycles. The van der Waals surface area contributed by atoms with Crippen molar-refractivity contribution in [3.8, 4) is 5.75 Å². The van der Waals surface area contributed by atoms with Crippen molar-refractivity contribution in [1.82, 2.24) is 4.90 Å². The van der Waals surface area contributed by atoms with Crippen LogP contribution in [0.4, 0.5) is 5.69 Å². The summed E-state index contributed by atoms with van der Waals surface area (Å²) < 4.78 is 5.28. The van der Waals surface area contributed by atoms with Crippen LogP contribution in [-0.2, 0) is 16.1 Å². The van der Waals surface area contributed by atoms with Crippen molar-refractivity contribution in [3.63, 3.8) is 0 Å². The standard InChI is InChI=1S/C20H22N2O3S/c1-14(23)21-17-8-6-16(7-9-17)20-22(19(24)10-11-26-20)13-15-4-3-5-18(12-15)25-2/h3-9,12,20H,10-11,13H2,1-2H3,(H,21,23). The van der Waals surface area contributed by atoms with Crippen LogP contribution in [0.25, 0.3) is 0 Å². The molecule has 1 aliphatic heterocycles. The summed E-state index contributed by atoms with van der Waals surface area (Å²) >= 11 is 1.76. The maximum Gasteiger partial charge on any atom is 0.224 e. The van der Waals surface area contributed by atoms with Crippen molar-refractivity contribution in [2.45, 2.75) is 25.3 Å². The molecule has 26 heavy (non-hydrogen) atoms. The minimum Gasteiger partial charge on any atom is -0.497 e. The van der Waals surface area contributed by atoms with Gasteiger partial charge in [-0.3, -0.25) is 9.59 Å². The second-order valence-corrected chi connectivity index (χ2v) is 7.34. The maximum absolute atomic E-state index is 12.6. The Kier molecular flexibility index (Phi) is 5.83. The van der Waals surface area contributed by atoms with Crippen LogP contribution in [-0.4, -0.2) is 29.6 Å². The van der Waals surface area contributed by atoms with Crippen LogP contribution < -0.4 is 10.1 Å². The number of hydrogen-bond donors (Lipinski definition) is 1. The van der Waals surface area contributed by atoms with Gasteiger partial charge >= 0.3 is 0 Å². The number of benzene rings is 2. The number of carbonyl (C=O) groups is 2. The molecule has 1 unspecified atom stereocenters. The minimum absolute atomic E-state index is 0.0335. The lowest BCUT2D eigenvalue weighted by molar-refractivity contribution is -0.132. The monoisotopic (exact) mass is 370 g/mol. The fraction of sp³-hybridized carbons (Fsp3) is 0.300. The maximum atomic E-state index is 12.6. The summed E-state index contributed by atoms with van der Waals surface area (Å²) in [5.74, 6) is 1.66. The van der Waals surface area contributed by atoms with Crippen molar-refractivity contribution < 1.29 is 14.3 Å². The zero-order valence-corrected chi connectivity index (χ0v) is 15.7. The Hall–Kier alpha value is -2.47. The van der Waals surface area contributed by atoms with Gasteiger partial charge in [0.05, 0.1) is 7.11 Å². The molecule has 1 N–H and O–H groups in total. The molecule has 1 aliphatic rings. The largest absolute Gasteiger partial charge is 0.497 e. The van der Waals surface area contributed by atoms with Gasteiger partial charge in [-0.1, -0.05) is 24.3 Å². The number of thioether (sulfide) groups is 1. The fourth-order valence-electron chi connectivity index (χ4n) is 2.97. The number of hydrogen-bond acceptors (Lipinski definition) is 4. The number of nitrogens with zero attached hydrogens (tertiary/aromatic N) is 1. The quantitative estimate of drug-likeness (QED) is 0.869. The Morgan fingerprint density at radius 2 is 2.04 bits per heavy atom. The third-order valence-electron chi connectivity index (χ3n) is 4.20. The predicted molar refractivity (Wildman–Crippen MR) is 104 cm³/mol. The van der Waals surface area contributed by atoms with Gasteiger partial charge in [0, 0.05) is 31.3 Å². The Balaban J connectivity index is 1.81. The van der Waals surface area contributed by atoms with E-state index in [9.17, 15) is 9.59 Å². The molecule has 2 aromatic carbocycles. The van der Waals surface area contributed by atoms with Gasteiger partial charge in [0.1, 0.15) is 11.1 Å². The van der Waals surface area contributed by atoms with Gasteiger partial charge in [0.2, 0.25) is 11.8 Å². The van der Waals surface area contributed by atoms with E-state index < -0.39 is 0 Å². The minimum atomic E-state index is -0.0976. The lowest BCUT2D eigenvalue weighted by Gasteiger charge is -2.35. The summed E-state index contributed by atoms with van der Waals surface area (Å²) in [6, 6.07) is 15.5. The molecule has 2 aromatic rings. The van der Waals surface area contributed by atoms with Crippen LogP contribution in [0.3, 0.4) is 0 Å². The van der Waals surface area contributed by atoms with Crippen LogP contribution in [0.15, 0.2) is 48.5 Å². The normalized spacial score (nSPS) is 17.1. The summed E-state index contributed by atoms with van der Waals surface area (Å²) in [6.45, 7) is 2.03. The Morgan fingerprint density at radius 1 is 1.27 bits per heavy atom. The van der Waals surface area contributed by atoms with E-state index in [0.29, 0.717) is 13.0 Å². The first-order valence-corrected chi connectivity index (χ1v) is 9.53. The van der Waals surface area contributed by atoms with Gasteiger partial charge in [-0.25, -0.2) is 0 Å². The number of ether oxygens (including phenoxy) is 1. The molecule has 0 aliphatic carbocycles. The molecule has 1 fully saturated rings. The molecule has 1 saturated heterocycles. The first-order valence-electron chi connectivity index (χ1n) is 8.48. The van der Waals surface area contributed by atoms with Crippen LogP contribution in [0.5, 0.6) is 5.75 Å². The first-order chi connectivity index (χ1) is 12.6. The Labute approximate surface area is 157 Å². The lowest BCUT2D eigenvalue weighted by Crippen LogP contribution is -2.36. The van der Waals surface area contributed by atoms with Gasteiger partial charge in [-0.2, -0.15) is 0 Å². The van der Waals surface area contributed by atoms with Crippen LogP contribution >= 0.6 is 11.8 Å². The summed E-state index contributed by atoms with van der Waals surface area (Å²) in [6.07, 6.45) is 0.551. The van der Waals surface area contributed by atoms with E-state index in [0.717, 1.165) is 28.3 Å². The molecule has 1 atom stereocenters. The number of carbonyl (C=O) groups excluding carboxylic acids is 2. The number of anilines is 1. The van der Waals surface area contributed by atoms with E-state index in [1.54, 1.807) is 18.9 Å². The summed E-state index contributed by atoms with van der Waals surface area (Å²) in [5.41, 5.74) is 2.85. The predicted octanol–water partition coefficient (Wildman–Crippen LogP) is 3.82. The SMILES string of the molecule is COc1cccc(CN2C(=O)CCSC2c2ccc(NC(C)=O)cc2)c1. The Morgan fingerprint density at radius 3 is 2.73 bits per heavy atom. The van der Waals surface area contributed by atoms with Gasteiger partial charge in [0.15, 0.2) is 0 Å². The van der Waals surface area contributed by atoms with Crippen LogP contribution in [0.2, 0.25) is 0 Å². The first kappa shape index (κ1) is 18.3. The molecule has 1 heterocycles. The highest BCUT2D eigenvalue weighted by atomic mass is 32.2. The highest BCUT2D eigenvalue weighted by Gasteiger charge is 2.29. The topological polar surface area (TPSA) is 58.6 Å². The van der Waals surface area contributed by atoms with E-state index in [4.69, 9.17) is 4.74 Å². The molecule has 0 radical (unpaired) electrons. The number of nitrogens with one attached hydrogen (secondary N) is 1.